The van der Waals surface area contributed by atoms with Crippen LogP contribution in [0.5, 0.6) is 5.75 Å². The van der Waals surface area contributed by atoms with Crippen molar-refractivity contribution < 1.29 is 18.7 Å². The van der Waals surface area contributed by atoms with Crippen molar-refractivity contribution in [3.8, 4) is 5.75 Å². The van der Waals surface area contributed by atoms with Crippen LogP contribution in [0.1, 0.15) is 34.7 Å². The Hall–Kier alpha value is -2.27. The van der Waals surface area contributed by atoms with Crippen LogP contribution in [0.2, 0.25) is 0 Å². The van der Waals surface area contributed by atoms with Crippen LogP contribution in [0.15, 0.2) is 40.8 Å². The molecule has 0 bridgehead atoms. The van der Waals surface area contributed by atoms with Gasteiger partial charge in [-0.25, -0.2) is 0 Å². The van der Waals surface area contributed by atoms with Gasteiger partial charge < -0.3 is 19.2 Å². The molecule has 4 rings (SSSR count). The fourth-order valence-corrected chi connectivity index (χ4v) is 3.51. The molecule has 0 spiro atoms. The molecule has 1 aliphatic carbocycles. The van der Waals surface area contributed by atoms with Gasteiger partial charge in [-0.2, -0.15) is 0 Å². The van der Waals surface area contributed by atoms with E-state index in [0.29, 0.717) is 30.1 Å². The zero-order valence-corrected chi connectivity index (χ0v) is 13.7. The van der Waals surface area contributed by atoms with E-state index < -0.39 is 0 Å². The van der Waals surface area contributed by atoms with E-state index in [1.807, 2.05) is 43.3 Å². The van der Waals surface area contributed by atoms with Crippen molar-refractivity contribution >= 4 is 5.91 Å². The van der Waals surface area contributed by atoms with Gasteiger partial charge in [-0.05, 0) is 38.0 Å². The van der Waals surface area contributed by atoms with Gasteiger partial charge in [0, 0.05) is 24.1 Å². The molecule has 24 heavy (non-hydrogen) atoms. The standard InChI is InChI=1S/C19H21NO4/c1-12-9-14(11-23-13-5-3-2-4-6-13)24-18(12)19(21)20-16-10-17-15(16)7-8-22-17/h2-6,9,15-17H,7-8,10-11H2,1H3,(H,20,21)/t15-,16+,17+/m1/s1. The monoisotopic (exact) mass is 327 g/mol. The average Bonchev–Trinajstić information content (AvgIpc) is 3.14. The predicted molar refractivity (Wildman–Crippen MR) is 87.9 cm³/mol. The fourth-order valence-electron chi connectivity index (χ4n) is 3.51. The molecular formula is C19H21NO4. The summed E-state index contributed by atoms with van der Waals surface area (Å²) in [6, 6.07) is 11.6. The average molecular weight is 327 g/mol. The number of para-hydroxylation sites is 1. The van der Waals surface area contributed by atoms with E-state index in [1.54, 1.807) is 0 Å². The summed E-state index contributed by atoms with van der Waals surface area (Å²) in [5.41, 5.74) is 0.831. The zero-order chi connectivity index (χ0) is 16.5. The molecule has 2 heterocycles. The van der Waals surface area contributed by atoms with Gasteiger partial charge in [-0.3, -0.25) is 4.79 Å². The molecule has 1 aromatic carbocycles. The van der Waals surface area contributed by atoms with Crippen LogP contribution in [0.3, 0.4) is 0 Å². The van der Waals surface area contributed by atoms with E-state index in [-0.39, 0.29) is 11.9 Å². The molecule has 5 nitrogen and oxygen atoms in total. The summed E-state index contributed by atoms with van der Waals surface area (Å²) in [5, 5.41) is 3.08. The van der Waals surface area contributed by atoms with E-state index >= 15 is 0 Å². The van der Waals surface area contributed by atoms with E-state index in [9.17, 15) is 4.79 Å². The first-order valence-electron chi connectivity index (χ1n) is 8.40. The number of rotatable bonds is 5. The highest BCUT2D eigenvalue weighted by molar-refractivity contribution is 5.93. The molecule has 0 radical (unpaired) electrons. The minimum atomic E-state index is -0.145. The van der Waals surface area contributed by atoms with Crippen LogP contribution < -0.4 is 10.1 Å². The summed E-state index contributed by atoms with van der Waals surface area (Å²) in [7, 11) is 0. The lowest BCUT2D eigenvalue weighted by Crippen LogP contribution is -2.53. The first-order valence-corrected chi connectivity index (χ1v) is 8.40. The number of carbonyl (C=O) groups is 1. The number of hydrogen-bond acceptors (Lipinski definition) is 4. The maximum absolute atomic E-state index is 12.5. The van der Waals surface area contributed by atoms with Crippen LogP contribution in [0.4, 0.5) is 0 Å². The molecule has 2 fully saturated rings. The first kappa shape index (κ1) is 15.3. The highest BCUT2D eigenvalue weighted by Crippen LogP contribution is 2.38. The van der Waals surface area contributed by atoms with Gasteiger partial charge in [0.2, 0.25) is 0 Å². The Bertz CT molecular complexity index is 724. The van der Waals surface area contributed by atoms with Crippen LogP contribution >= 0.6 is 0 Å². The molecule has 1 N–H and O–H groups in total. The van der Waals surface area contributed by atoms with Crippen molar-refractivity contribution in [2.45, 2.75) is 38.5 Å². The Morgan fingerprint density at radius 2 is 2.17 bits per heavy atom. The van der Waals surface area contributed by atoms with Gasteiger partial charge in [0.1, 0.15) is 18.1 Å². The van der Waals surface area contributed by atoms with E-state index in [0.717, 1.165) is 30.8 Å². The Kier molecular flexibility index (Phi) is 4.02. The van der Waals surface area contributed by atoms with Gasteiger partial charge in [-0.1, -0.05) is 18.2 Å². The first-order chi connectivity index (χ1) is 11.7. The largest absolute Gasteiger partial charge is 0.486 e. The molecule has 3 atom stereocenters. The molecular weight excluding hydrogens is 306 g/mol. The highest BCUT2D eigenvalue weighted by atomic mass is 16.5. The Labute approximate surface area is 140 Å². The molecule has 1 saturated heterocycles. The highest BCUT2D eigenvalue weighted by Gasteiger charge is 2.46. The van der Waals surface area contributed by atoms with E-state index in [1.165, 1.54) is 0 Å². The smallest absolute Gasteiger partial charge is 0.287 e. The second-order valence-corrected chi connectivity index (χ2v) is 6.50. The van der Waals surface area contributed by atoms with E-state index in [4.69, 9.17) is 13.9 Å². The topological polar surface area (TPSA) is 60.7 Å². The number of nitrogens with one attached hydrogen (secondary N) is 1. The molecule has 1 aromatic heterocycles. The van der Waals surface area contributed by atoms with Crippen molar-refractivity contribution in [3.05, 3.63) is 53.5 Å². The number of fused-ring (bicyclic) bond motifs is 1. The molecule has 1 saturated carbocycles. The van der Waals surface area contributed by atoms with Gasteiger partial charge in [0.05, 0.1) is 6.10 Å². The lowest BCUT2D eigenvalue weighted by atomic mass is 9.76. The predicted octanol–water partition coefficient (Wildman–Crippen LogP) is 3.07. The number of ether oxygens (including phenoxy) is 2. The lowest BCUT2D eigenvalue weighted by Gasteiger charge is -2.39. The Morgan fingerprint density at radius 1 is 1.33 bits per heavy atom. The molecule has 1 aliphatic heterocycles. The Morgan fingerprint density at radius 3 is 2.96 bits per heavy atom. The van der Waals surface area contributed by atoms with Crippen LogP contribution in [-0.4, -0.2) is 24.7 Å². The van der Waals surface area contributed by atoms with Gasteiger partial charge >= 0.3 is 0 Å². The molecule has 126 valence electrons. The van der Waals surface area contributed by atoms with Crippen LogP contribution in [0, 0.1) is 12.8 Å². The van der Waals surface area contributed by atoms with E-state index in [2.05, 4.69) is 5.32 Å². The third-order valence-electron chi connectivity index (χ3n) is 4.88. The summed E-state index contributed by atoms with van der Waals surface area (Å²) in [4.78, 5) is 12.5. The lowest BCUT2D eigenvalue weighted by molar-refractivity contribution is 0.00768. The number of benzene rings is 1. The maximum Gasteiger partial charge on any atom is 0.287 e. The summed E-state index contributed by atoms with van der Waals surface area (Å²) >= 11 is 0. The van der Waals surface area contributed by atoms with Crippen LogP contribution in [0.25, 0.3) is 0 Å². The van der Waals surface area contributed by atoms with Crippen molar-refractivity contribution in [1.82, 2.24) is 5.32 Å². The number of furan rings is 1. The Balaban J connectivity index is 1.37. The van der Waals surface area contributed by atoms with Crippen molar-refractivity contribution in [1.29, 1.82) is 0 Å². The summed E-state index contributed by atoms with van der Waals surface area (Å²) < 4.78 is 17.0. The van der Waals surface area contributed by atoms with Gasteiger partial charge in [0.15, 0.2) is 5.76 Å². The molecule has 1 amide bonds. The third kappa shape index (κ3) is 2.91. The van der Waals surface area contributed by atoms with Crippen LogP contribution in [-0.2, 0) is 11.3 Å². The van der Waals surface area contributed by atoms with Crippen molar-refractivity contribution in [3.63, 3.8) is 0 Å². The van der Waals surface area contributed by atoms with Crippen molar-refractivity contribution in [2.75, 3.05) is 6.61 Å². The minimum absolute atomic E-state index is 0.145. The molecule has 0 unspecified atom stereocenters. The molecule has 2 aromatic rings. The van der Waals surface area contributed by atoms with Crippen molar-refractivity contribution in [2.24, 2.45) is 5.92 Å². The number of aryl methyl sites for hydroxylation is 1. The number of amides is 1. The minimum Gasteiger partial charge on any atom is -0.486 e. The summed E-state index contributed by atoms with van der Waals surface area (Å²) in [6.45, 7) is 3.00. The summed E-state index contributed by atoms with van der Waals surface area (Å²) in [6.07, 6.45) is 2.27. The zero-order valence-electron chi connectivity index (χ0n) is 13.7. The normalized spacial score (nSPS) is 25.0. The molecule has 5 heteroatoms. The second kappa shape index (κ2) is 6.32. The number of carbonyl (C=O) groups excluding carboxylic acids is 1. The van der Waals surface area contributed by atoms with Gasteiger partial charge in [0.25, 0.3) is 5.91 Å². The SMILES string of the molecule is Cc1cc(COc2ccccc2)oc1C(=O)N[C@H]1C[C@@H]2OCC[C@H]12. The molecule has 2 aliphatic rings. The third-order valence-corrected chi connectivity index (χ3v) is 4.88. The number of hydrogen-bond donors (Lipinski definition) is 1. The quantitative estimate of drug-likeness (QED) is 0.917. The van der Waals surface area contributed by atoms with Gasteiger partial charge in [-0.15, -0.1) is 0 Å². The second-order valence-electron chi connectivity index (χ2n) is 6.50. The maximum atomic E-state index is 12.5. The fraction of sp³-hybridized carbons (Fsp3) is 0.421. The summed E-state index contributed by atoms with van der Waals surface area (Å²) in [5.74, 6) is 2.12.